The van der Waals surface area contributed by atoms with E-state index in [-0.39, 0.29) is 24.2 Å². The number of rotatable bonds is 5. The molecule has 2 aromatic rings. The molecule has 0 aliphatic carbocycles. The Morgan fingerprint density at radius 2 is 2.29 bits per heavy atom. The molecule has 2 N–H and O–H groups in total. The van der Waals surface area contributed by atoms with Crippen molar-refractivity contribution in [2.45, 2.75) is 32.4 Å². The number of H-pyrrole nitrogens is 1. The number of hydrogen-bond acceptors (Lipinski definition) is 4. The molecule has 1 aliphatic rings. The smallest absolute Gasteiger partial charge is 0.317 e. The number of carbonyl (C=O) groups excluding carboxylic acids is 1. The van der Waals surface area contributed by atoms with Gasteiger partial charge < -0.3 is 19.9 Å². The molecule has 0 radical (unpaired) electrons. The number of carbonyl (C=O) groups is 1. The molecule has 7 nitrogen and oxygen atoms in total. The van der Waals surface area contributed by atoms with Gasteiger partial charge in [-0.1, -0.05) is 12.1 Å². The van der Waals surface area contributed by atoms with Gasteiger partial charge in [-0.25, -0.2) is 9.78 Å². The zero-order chi connectivity index (χ0) is 16.9. The first-order valence-electron chi connectivity index (χ1n) is 8.29. The third kappa shape index (κ3) is 3.73. The van der Waals surface area contributed by atoms with Crippen LogP contribution in [0.2, 0.25) is 0 Å². The van der Waals surface area contributed by atoms with Crippen LogP contribution in [0.5, 0.6) is 0 Å². The molecule has 3 rings (SSSR count). The average Bonchev–Trinajstić information content (AvgIpc) is 3.11. The van der Waals surface area contributed by atoms with Crippen molar-refractivity contribution in [3.8, 4) is 0 Å². The van der Waals surface area contributed by atoms with E-state index >= 15 is 0 Å². The number of aromatic amines is 1. The summed E-state index contributed by atoms with van der Waals surface area (Å²) in [7, 11) is 0. The Hall–Kier alpha value is -2.41. The van der Waals surface area contributed by atoms with Gasteiger partial charge in [-0.2, -0.15) is 0 Å². The maximum Gasteiger partial charge on any atom is 0.317 e. The summed E-state index contributed by atoms with van der Waals surface area (Å²) < 4.78 is 5.51. The van der Waals surface area contributed by atoms with Gasteiger partial charge in [-0.15, -0.1) is 0 Å². The van der Waals surface area contributed by atoms with E-state index in [2.05, 4.69) is 15.3 Å². The van der Waals surface area contributed by atoms with Crippen molar-refractivity contribution in [3.05, 3.63) is 40.4 Å². The van der Waals surface area contributed by atoms with E-state index in [1.54, 1.807) is 23.1 Å². The van der Waals surface area contributed by atoms with Crippen LogP contribution in [0.25, 0.3) is 10.9 Å². The van der Waals surface area contributed by atoms with Crippen LogP contribution in [-0.2, 0) is 11.3 Å². The average molecular weight is 330 g/mol. The molecule has 1 atom stereocenters. The first kappa shape index (κ1) is 16.4. The lowest BCUT2D eigenvalue weighted by Gasteiger charge is -2.22. The van der Waals surface area contributed by atoms with E-state index < -0.39 is 0 Å². The van der Waals surface area contributed by atoms with Crippen LogP contribution in [0.1, 0.15) is 25.6 Å². The van der Waals surface area contributed by atoms with Crippen LogP contribution >= 0.6 is 0 Å². The van der Waals surface area contributed by atoms with Crippen molar-refractivity contribution in [2.75, 3.05) is 19.7 Å². The van der Waals surface area contributed by atoms with Crippen molar-refractivity contribution >= 4 is 16.9 Å². The summed E-state index contributed by atoms with van der Waals surface area (Å²) >= 11 is 0. The van der Waals surface area contributed by atoms with Crippen LogP contribution in [0.3, 0.4) is 0 Å². The molecule has 0 spiro atoms. The summed E-state index contributed by atoms with van der Waals surface area (Å²) in [6.07, 6.45) is 2.12. The van der Waals surface area contributed by atoms with E-state index in [0.29, 0.717) is 29.8 Å². The second kappa shape index (κ2) is 7.44. The summed E-state index contributed by atoms with van der Waals surface area (Å²) in [4.78, 5) is 33.2. The number of nitrogens with zero attached hydrogens (tertiary/aromatic N) is 2. The molecule has 2 amide bonds. The number of nitrogens with one attached hydrogen (secondary N) is 2. The lowest BCUT2D eigenvalue weighted by atomic mass is 10.2. The van der Waals surface area contributed by atoms with Gasteiger partial charge >= 0.3 is 6.03 Å². The zero-order valence-electron chi connectivity index (χ0n) is 13.7. The highest BCUT2D eigenvalue weighted by Crippen LogP contribution is 2.11. The second-order valence-electron chi connectivity index (χ2n) is 5.87. The summed E-state index contributed by atoms with van der Waals surface area (Å²) in [5, 5.41) is 3.44. The molecule has 1 unspecified atom stereocenters. The topological polar surface area (TPSA) is 87.3 Å². The Morgan fingerprint density at radius 1 is 1.46 bits per heavy atom. The summed E-state index contributed by atoms with van der Waals surface area (Å²) in [5.41, 5.74) is 0.443. The number of para-hydroxylation sites is 1. The van der Waals surface area contributed by atoms with Crippen LogP contribution in [0, 0.1) is 0 Å². The predicted octanol–water partition coefficient (Wildman–Crippen LogP) is 1.63. The fourth-order valence-corrected chi connectivity index (χ4v) is 2.84. The van der Waals surface area contributed by atoms with Crippen molar-refractivity contribution in [1.82, 2.24) is 20.2 Å². The quantitative estimate of drug-likeness (QED) is 0.872. The van der Waals surface area contributed by atoms with Crippen LogP contribution in [0.15, 0.2) is 29.1 Å². The second-order valence-corrected chi connectivity index (χ2v) is 5.87. The fourth-order valence-electron chi connectivity index (χ4n) is 2.84. The largest absolute Gasteiger partial charge is 0.376 e. The highest BCUT2D eigenvalue weighted by Gasteiger charge is 2.19. The molecular weight excluding hydrogens is 308 g/mol. The van der Waals surface area contributed by atoms with Gasteiger partial charge in [0.2, 0.25) is 0 Å². The molecule has 1 aliphatic heterocycles. The lowest BCUT2D eigenvalue weighted by molar-refractivity contribution is 0.108. The number of ether oxygens (including phenoxy) is 1. The summed E-state index contributed by atoms with van der Waals surface area (Å²) in [5.74, 6) is 0.479. The molecule has 2 heterocycles. The van der Waals surface area contributed by atoms with E-state index in [4.69, 9.17) is 4.74 Å². The molecule has 7 heteroatoms. The van der Waals surface area contributed by atoms with E-state index in [0.717, 1.165) is 19.4 Å². The number of amides is 2. The van der Waals surface area contributed by atoms with Crippen molar-refractivity contribution < 1.29 is 9.53 Å². The molecule has 1 aromatic heterocycles. The van der Waals surface area contributed by atoms with E-state index in [1.807, 2.05) is 13.0 Å². The highest BCUT2D eigenvalue weighted by atomic mass is 16.5. The van der Waals surface area contributed by atoms with Crippen LogP contribution < -0.4 is 10.9 Å². The Morgan fingerprint density at radius 3 is 3.04 bits per heavy atom. The third-order valence-electron chi connectivity index (χ3n) is 4.18. The molecule has 24 heavy (non-hydrogen) atoms. The number of urea groups is 1. The SMILES string of the molecule is CCN(Cc1nc2ccccc2c(=O)[nH]1)C(=O)NCC1CCCO1. The van der Waals surface area contributed by atoms with Crippen LogP contribution in [0.4, 0.5) is 4.79 Å². The van der Waals surface area contributed by atoms with Gasteiger partial charge in [-0.05, 0) is 31.9 Å². The van der Waals surface area contributed by atoms with E-state index in [9.17, 15) is 9.59 Å². The maximum absolute atomic E-state index is 12.3. The normalized spacial score (nSPS) is 17.1. The number of aromatic nitrogens is 2. The summed E-state index contributed by atoms with van der Waals surface area (Å²) in [6, 6.07) is 6.99. The molecular formula is C17H22N4O3. The van der Waals surface area contributed by atoms with Crippen molar-refractivity contribution in [2.24, 2.45) is 0 Å². The first-order chi connectivity index (χ1) is 11.7. The summed E-state index contributed by atoms with van der Waals surface area (Å²) in [6.45, 7) is 3.95. The first-order valence-corrected chi connectivity index (χ1v) is 8.29. The Kier molecular flexibility index (Phi) is 5.10. The van der Waals surface area contributed by atoms with Crippen molar-refractivity contribution in [3.63, 3.8) is 0 Å². The lowest BCUT2D eigenvalue weighted by Crippen LogP contribution is -2.42. The van der Waals surface area contributed by atoms with Crippen molar-refractivity contribution in [1.29, 1.82) is 0 Å². The Balaban J connectivity index is 1.68. The molecule has 0 bridgehead atoms. The monoisotopic (exact) mass is 330 g/mol. The van der Waals surface area contributed by atoms with E-state index in [1.165, 1.54) is 0 Å². The Labute approximate surface area is 140 Å². The fraction of sp³-hybridized carbons (Fsp3) is 0.471. The minimum absolute atomic E-state index is 0.103. The van der Waals surface area contributed by atoms with Gasteiger partial charge in [0, 0.05) is 19.7 Å². The Bertz CT molecular complexity index is 768. The van der Waals surface area contributed by atoms with Gasteiger partial charge in [0.25, 0.3) is 5.56 Å². The van der Waals surface area contributed by atoms with Gasteiger partial charge in [-0.3, -0.25) is 4.79 Å². The van der Waals surface area contributed by atoms with Gasteiger partial charge in [0.15, 0.2) is 0 Å². The molecule has 0 saturated carbocycles. The zero-order valence-corrected chi connectivity index (χ0v) is 13.7. The predicted molar refractivity (Wildman–Crippen MR) is 90.8 cm³/mol. The van der Waals surface area contributed by atoms with Gasteiger partial charge in [0.1, 0.15) is 5.82 Å². The molecule has 1 fully saturated rings. The standard InChI is InChI=1S/C17H22N4O3/c1-2-21(17(23)18-10-12-6-5-9-24-12)11-15-19-14-8-4-3-7-13(14)16(22)20-15/h3-4,7-8,12H,2,5-6,9-11H2,1H3,(H,18,23)(H,19,20,22). The third-order valence-corrected chi connectivity index (χ3v) is 4.18. The molecule has 1 aromatic carbocycles. The molecule has 128 valence electrons. The number of benzene rings is 1. The minimum Gasteiger partial charge on any atom is -0.376 e. The minimum atomic E-state index is -0.189. The number of hydrogen-bond donors (Lipinski definition) is 2. The molecule has 1 saturated heterocycles. The maximum atomic E-state index is 12.3. The van der Waals surface area contributed by atoms with Crippen LogP contribution in [-0.4, -0.2) is 46.7 Å². The number of fused-ring (bicyclic) bond motifs is 1. The van der Waals surface area contributed by atoms with Gasteiger partial charge in [0.05, 0.1) is 23.6 Å². The highest BCUT2D eigenvalue weighted by molar-refractivity contribution is 5.77.